The monoisotopic (exact) mass is 210 g/mol. The first-order valence-electron chi connectivity index (χ1n) is 6.80. The lowest BCUT2D eigenvalue weighted by atomic mass is 9.96. The van der Waals surface area contributed by atoms with E-state index >= 15 is 0 Å². The molecule has 1 unspecified atom stereocenters. The van der Waals surface area contributed by atoms with Gasteiger partial charge in [-0.15, -0.1) is 0 Å². The molecule has 2 N–H and O–H groups in total. The van der Waals surface area contributed by atoms with Gasteiger partial charge in [0.05, 0.1) is 0 Å². The normalized spacial score (nSPS) is 30.6. The molecule has 1 saturated heterocycles. The number of nitrogens with one attached hydrogen (secondary N) is 2. The van der Waals surface area contributed by atoms with Crippen LogP contribution in [0.15, 0.2) is 0 Å². The molecule has 2 heteroatoms. The minimum Gasteiger partial charge on any atom is -0.316 e. The van der Waals surface area contributed by atoms with Gasteiger partial charge in [-0.2, -0.15) is 0 Å². The Bertz CT molecular complexity index is 169. The van der Waals surface area contributed by atoms with Gasteiger partial charge in [-0.1, -0.05) is 12.8 Å². The highest BCUT2D eigenvalue weighted by Gasteiger charge is 2.22. The third-order valence-corrected chi connectivity index (χ3v) is 4.23. The van der Waals surface area contributed by atoms with Crippen molar-refractivity contribution in [3.63, 3.8) is 0 Å². The average molecular weight is 210 g/mol. The summed E-state index contributed by atoms with van der Waals surface area (Å²) in [4.78, 5) is 0. The summed E-state index contributed by atoms with van der Waals surface area (Å²) in [7, 11) is 0. The molecule has 2 nitrogen and oxygen atoms in total. The molecule has 15 heavy (non-hydrogen) atoms. The largest absolute Gasteiger partial charge is 0.316 e. The predicted molar refractivity (Wildman–Crippen MR) is 65.0 cm³/mol. The Morgan fingerprint density at radius 1 is 1.20 bits per heavy atom. The molecule has 0 spiro atoms. The van der Waals surface area contributed by atoms with E-state index in [2.05, 4.69) is 17.6 Å². The van der Waals surface area contributed by atoms with E-state index in [0.29, 0.717) is 0 Å². The summed E-state index contributed by atoms with van der Waals surface area (Å²) in [5, 5.41) is 7.24. The van der Waals surface area contributed by atoms with Crippen molar-refractivity contribution >= 4 is 0 Å². The van der Waals surface area contributed by atoms with Gasteiger partial charge in [0.15, 0.2) is 0 Å². The molecule has 2 aliphatic rings. The average Bonchev–Trinajstić information content (AvgIpc) is 2.81. The molecule has 0 bridgehead atoms. The summed E-state index contributed by atoms with van der Waals surface area (Å²) in [5.41, 5.74) is 0. The second kappa shape index (κ2) is 5.86. The number of hydrogen-bond donors (Lipinski definition) is 2. The smallest absolute Gasteiger partial charge is 0.00671 e. The third-order valence-electron chi connectivity index (χ3n) is 4.23. The van der Waals surface area contributed by atoms with Gasteiger partial charge < -0.3 is 10.6 Å². The highest BCUT2D eigenvalue weighted by atomic mass is 14.9. The lowest BCUT2D eigenvalue weighted by Crippen LogP contribution is -2.41. The standard InChI is InChI=1S/C13H26N2/c1-11(13-6-2-3-7-13)15-10-12-5-4-8-14-9-12/h11-15H,2-10H2,1H3/t11-,12?/m1/s1. The highest BCUT2D eigenvalue weighted by molar-refractivity contribution is 4.79. The molecular weight excluding hydrogens is 184 g/mol. The first kappa shape index (κ1) is 11.4. The molecule has 0 aromatic rings. The van der Waals surface area contributed by atoms with Crippen LogP contribution < -0.4 is 10.6 Å². The van der Waals surface area contributed by atoms with Crippen molar-refractivity contribution in [2.75, 3.05) is 19.6 Å². The van der Waals surface area contributed by atoms with Gasteiger partial charge in [0.1, 0.15) is 0 Å². The van der Waals surface area contributed by atoms with E-state index in [1.54, 1.807) is 0 Å². The fraction of sp³-hybridized carbons (Fsp3) is 1.00. The lowest BCUT2D eigenvalue weighted by Gasteiger charge is -2.27. The van der Waals surface area contributed by atoms with Crippen LogP contribution in [0.25, 0.3) is 0 Å². The Balaban J connectivity index is 1.63. The van der Waals surface area contributed by atoms with Crippen LogP contribution in [0.4, 0.5) is 0 Å². The molecule has 1 aliphatic carbocycles. The van der Waals surface area contributed by atoms with Gasteiger partial charge in [0.25, 0.3) is 0 Å². The van der Waals surface area contributed by atoms with E-state index in [1.807, 2.05) is 0 Å². The van der Waals surface area contributed by atoms with Crippen LogP contribution >= 0.6 is 0 Å². The van der Waals surface area contributed by atoms with Crippen LogP contribution in [0.2, 0.25) is 0 Å². The quantitative estimate of drug-likeness (QED) is 0.743. The molecule has 1 heterocycles. The third kappa shape index (κ3) is 3.46. The van der Waals surface area contributed by atoms with Crippen molar-refractivity contribution in [1.29, 1.82) is 0 Å². The zero-order valence-corrected chi connectivity index (χ0v) is 10.1. The predicted octanol–water partition coefficient (Wildman–Crippen LogP) is 2.15. The Labute approximate surface area is 94.2 Å². The van der Waals surface area contributed by atoms with Gasteiger partial charge in [0.2, 0.25) is 0 Å². The molecule has 1 saturated carbocycles. The Morgan fingerprint density at radius 2 is 2.00 bits per heavy atom. The number of piperidine rings is 1. The van der Waals surface area contributed by atoms with E-state index < -0.39 is 0 Å². The van der Waals surface area contributed by atoms with Crippen molar-refractivity contribution in [2.45, 2.75) is 51.5 Å². The summed E-state index contributed by atoms with van der Waals surface area (Å²) < 4.78 is 0. The van der Waals surface area contributed by atoms with Crippen LogP contribution in [0.3, 0.4) is 0 Å². The van der Waals surface area contributed by atoms with Gasteiger partial charge in [-0.25, -0.2) is 0 Å². The summed E-state index contributed by atoms with van der Waals surface area (Å²) >= 11 is 0. The van der Waals surface area contributed by atoms with Crippen molar-refractivity contribution in [3.8, 4) is 0 Å². The Hall–Kier alpha value is -0.0800. The maximum absolute atomic E-state index is 3.75. The van der Waals surface area contributed by atoms with E-state index in [0.717, 1.165) is 17.9 Å². The van der Waals surface area contributed by atoms with Crippen molar-refractivity contribution in [3.05, 3.63) is 0 Å². The molecule has 2 fully saturated rings. The zero-order chi connectivity index (χ0) is 10.5. The first-order valence-corrected chi connectivity index (χ1v) is 6.80. The maximum Gasteiger partial charge on any atom is 0.00671 e. The van der Waals surface area contributed by atoms with Gasteiger partial charge in [-0.05, 0) is 64.1 Å². The van der Waals surface area contributed by atoms with Crippen LogP contribution in [-0.4, -0.2) is 25.7 Å². The van der Waals surface area contributed by atoms with Gasteiger partial charge in [-0.3, -0.25) is 0 Å². The highest BCUT2D eigenvalue weighted by Crippen LogP contribution is 2.27. The molecule has 0 aromatic heterocycles. The zero-order valence-electron chi connectivity index (χ0n) is 10.1. The minimum absolute atomic E-state index is 0.745. The van der Waals surface area contributed by atoms with E-state index in [9.17, 15) is 0 Å². The SMILES string of the molecule is C[C@@H](NCC1CCCNC1)C1CCCC1. The number of hydrogen-bond acceptors (Lipinski definition) is 2. The van der Waals surface area contributed by atoms with Crippen LogP contribution in [-0.2, 0) is 0 Å². The van der Waals surface area contributed by atoms with Crippen LogP contribution in [0.5, 0.6) is 0 Å². The molecule has 0 amide bonds. The second-order valence-corrected chi connectivity index (χ2v) is 5.45. The maximum atomic E-state index is 3.75. The Kier molecular flexibility index (Phi) is 4.45. The van der Waals surface area contributed by atoms with Crippen molar-refractivity contribution < 1.29 is 0 Å². The summed E-state index contributed by atoms with van der Waals surface area (Å²) in [6.07, 6.45) is 8.61. The summed E-state index contributed by atoms with van der Waals surface area (Å²) in [5.74, 6) is 1.84. The molecule has 0 aromatic carbocycles. The Morgan fingerprint density at radius 3 is 2.67 bits per heavy atom. The van der Waals surface area contributed by atoms with Crippen LogP contribution in [0.1, 0.15) is 45.4 Å². The number of rotatable bonds is 4. The molecular formula is C13H26N2. The topological polar surface area (TPSA) is 24.1 Å². The fourth-order valence-electron chi connectivity index (χ4n) is 3.07. The van der Waals surface area contributed by atoms with Gasteiger partial charge in [0, 0.05) is 6.04 Å². The first-order chi connectivity index (χ1) is 7.36. The van der Waals surface area contributed by atoms with Crippen LogP contribution in [0, 0.1) is 11.8 Å². The summed E-state index contributed by atoms with van der Waals surface area (Å²) in [6.45, 7) is 6.07. The minimum atomic E-state index is 0.745. The van der Waals surface area contributed by atoms with E-state index in [-0.39, 0.29) is 0 Å². The molecule has 2 atom stereocenters. The van der Waals surface area contributed by atoms with Gasteiger partial charge >= 0.3 is 0 Å². The molecule has 1 aliphatic heterocycles. The summed E-state index contributed by atoms with van der Waals surface area (Å²) in [6, 6.07) is 0.745. The molecule has 0 radical (unpaired) electrons. The second-order valence-electron chi connectivity index (χ2n) is 5.45. The van der Waals surface area contributed by atoms with E-state index in [4.69, 9.17) is 0 Å². The lowest BCUT2D eigenvalue weighted by molar-refractivity contribution is 0.313. The molecule has 2 rings (SSSR count). The molecule has 88 valence electrons. The van der Waals surface area contributed by atoms with Crippen molar-refractivity contribution in [1.82, 2.24) is 10.6 Å². The fourth-order valence-corrected chi connectivity index (χ4v) is 3.07. The van der Waals surface area contributed by atoms with Crippen molar-refractivity contribution in [2.24, 2.45) is 11.8 Å². The van der Waals surface area contributed by atoms with E-state index in [1.165, 1.54) is 58.2 Å².